The van der Waals surface area contributed by atoms with E-state index in [1.807, 2.05) is 51.4 Å². The summed E-state index contributed by atoms with van der Waals surface area (Å²) < 4.78 is 0. The van der Waals surface area contributed by atoms with Gasteiger partial charge in [-0.25, -0.2) is 0 Å². The molecule has 1 fully saturated rings. The van der Waals surface area contributed by atoms with Crippen molar-refractivity contribution in [1.82, 2.24) is 20.5 Å². The molecule has 1 saturated heterocycles. The summed E-state index contributed by atoms with van der Waals surface area (Å²) in [5, 5.41) is 5.71. The summed E-state index contributed by atoms with van der Waals surface area (Å²) in [5.41, 5.74) is 4.27. The molecule has 0 aliphatic carbocycles. The molecule has 0 bridgehead atoms. The summed E-state index contributed by atoms with van der Waals surface area (Å²) in [7, 11) is 0. The fourth-order valence-corrected chi connectivity index (χ4v) is 4.71. The van der Waals surface area contributed by atoms with Crippen LogP contribution in [0.3, 0.4) is 0 Å². The number of hydrogen-bond acceptors (Lipinski definition) is 5. The Balaban J connectivity index is 0.00000385. The third-order valence-electron chi connectivity index (χ3n) is 5.64. The zero-order valence-corrected chi connectivity index (χ0v) is 23.5. The van der Waals surface area contributed by atoms with E-state index in [2.05, 4.69) is 21.7 Å². The number of likely N-dealkylation sites (tertiary alicyclic amines) is 1. The van der Waals surface area contributed by atoms with Gasteiger partial charge in [0.1, 0.15) is 12.1 Å². The number of thiazole rings is 1. The first-order chi connectivity index (χ1) is 15.1. The van der Waals surface area contributed by atoms with Gasteiger partial charge in [0.25, 0.3) is 0 Å². The summed E-state index contributed by atoms with van der Waals surface area (Å²) in [5.74, 6) is -0.644. The smallest absolute Gasteiger partial charge is 0.246 e. The second-order valence-corrected chi connectivity index (χ2v) is 10.1. The molecule has 33 heavy (non-hydrogen) atoms. The zero-order valence-electron chi connectivity index (χ0n) is 19.7. The van der Waals surface area contributed by atoms with Crippen molar-refractivity contribution in [2.75, 3.05) is 6.54 Å². The van der Waals surface area contributed by atoms with Crippen molar-refractivity contribution in [1.29, 1.82) is 0 Å². The summed E-state index contributed by atoms with van der Waals surface area (Å²) in [4.78, 5) is 44.8. The largest absolute Gasteiger partial charge is 0.352 e. The van der Waals surface area contributed by atoms with Crippen molar-refractivity contribution in [3.8, 4) is 10.4 Å². The third-order valence-corrected chi connectivity index (χ3v) is 6.61. The quantitative estimate of drug-likeness (QED) is 0.476. The number of carbonyl (C=O) groups is 3. The van der Waals surface area contributed by atoms with E-state index in [-0.39, 0.29) is 38.8 Å². The predicted molar refractivity (Wildman–Crippen MR) is 125 cm³/mol. The average Bonchev–Trinajstić information content (AvgIpc) is 3.38. The first kappa shape index (κ1) is 27.2. The number of aromatic nitrogens is 1. The number of nitrogens with one attached hydrogen (secondary N) is 2. The number of aryl methyl sites for hydroxylation is 1. The molecule has 0 radical (unpaired) electrons. The van der Waals surface area contributed by atoms with Crippen molar-refractivity contribution in [2.45, 2.75) is 66.1 Å². The number of carbonyl (C=O) groups excluding carboxylic acids is 3. The molecule has 1 aliphatic rings. The van der Waals surface area contributed by atoms with Gasteiger partial charge in [0.15, 0.2) is 0 Å². The van der Waals surface area contributed by atoms with E-state index < -0.39 is 17.5 Å². The normalized spacial score (nSPS) is 16.6. The Morgan fingerprint density at radius 2 is 2.03 bits per heavy atom. The molecule has 0 saturated carbocycles. The van der Waals surface area contributed by atoms with Crippen LogP contribution in [0.5, 0.6) is 0 Å². The Labute approximate surface area is 214 Å². The minimum atomic E-state index is -0.676. The molecule has 2 N–H and O–H groups in total. The standard InChI is InChI=1S/C24H31N4O3S.W/c1-15-20(32-14-26-15)18-10-8-17(9-11-18)13-25-22(30)19-7-6-12-28(19)23(31)21(24(3,4)5)27-16(2)29;/h8,10-11,14,19,21H,6-7,12-13H2,1-5H3,(H,25,30)(H,27,29);/q-1;. The van der Waals surface area contributed by atoms with Gasteiger partial charge in [0.2, 0.25) is 17.7 Å². The molecule has 178 valence electrons. The van der Waals surface area contributed by atoms with Crippen LogP contribution in [0.25, 0.3) is 10.4 Å². The number of nitrogens with zero attached hydrogens (tertiary/aromatic N) is 2. The molecule has 2 unspecified atom stereocenters. The van der Waals surface area contributed by atoms with Crippen LogP contribution in [0.4, 0.5) is 0 Å². The molecule has 1 aromatic heterocycles. The summed E-state index contributed by atoms with van der Waals surface area (Å²) >= 11 is 1.59. The third kappa shape index (κ3) is 6.73. The van der Waals surface area contributed by atoms with Crippen LogP contribution in [0.15, 0.2) is 23.7 Å². The van der Waals surface area contributed by atoms with Crippen LogP contribution in [0.2, 0.25) is 0 Å². The van der Waals surface area contributed by atoms with Crippen molar-refractivity contribution in [3.05, 3.63) is 41.0 Å². The van der Waals surface area contributed by atoms with E-state index in [4.69, 9.17) is 0 Å². The molecule has 3 amide bonds. The number of amides is 3. The van der Waals surface area contributed by atoms with Gasteiger partial charge >= 0.3 is 0 Å². The fraction of sp³-hybridized carbons (Fsp3) is 0.500. The molecule has 2 heterocycles. The van der Waals surface area contributed by atoms with Crippen LogP contribution >= 0.6 is 11.3 Å². The van der Waals surface area contributed by atoms with Gasteiger partial charge in [-0.15, -0.1) is 22.5 Å². The van der Waals surface area contributed by atoms with Crippen molar-refractivity contribution >= 4 is 29.1 Å². The van der Waals surface area contributed by atoms with E-state index in [1.165, 1.54) is 6.92 Å². The Bertz CT molecular complexity index is 984. The molecular weight excluding hydrogens is 608 g/mol. The molecule has 3 rings (SSSR count). The number of hydrogen-bond donors (Lipinski definition) is 2. The number of rotatable bonds is 6. The van der Waals surface area contributed by atoms with Crippen LogP contribution in [-0.2, 0) is 42.0 Å². The van der Waals surface area contributed by atoms with Crippen LogP contribution in [0.1, 0.15) is 51.8 Å². The van der Waals surface area contributed by atoms with Gasteiger partial charge in [-0.1, -0.05) is 20.8 Å². The van der Waals surface area contributed by atoms with E-state index in [9.17, 15) is 14.4 Å². The Morgan fingerprint density at radius 3 is 2.58 bits per heavy atom. The molecule has 2 atom stereocenters. The van der Waals surface area contributed by atoms with Gasteiger partial charge in [0.05, 0.1) is 5.51 Å². The minimum Gasteiger partial charge on any atom is -0.352 e. The Kier molecular flexibility index (Phi) is 9.38. The molecule has 1 aromatic carbocycles. The maximum absolute atomic E-state index is 13.2. The topological polar surface area (TPSA) is 91.4 Å². The second kappa shape index (κ2) is 11.4. The van der Waals surface area contributed by atoms with E-state index in [0.29, 0.717) is 19.5 Å². The van der Waals surface area contributed by atoms with Gasteiger partial charge in [-0.05, 0) is 25.2 Å². The zero-order chi connectivity index (χ0) is 23.5. The van der Waals surface area contributed by atoms with Gasteiger partial charge in [-0.2, -0.15) is 24.3 Å². The molecule has 9 heteroatoms. The first-order valence-corrected chi connectivity index (χ1v) is 11.7. The molecule has 2 aromatic rings. The maximum Gasteiger partial charge on any atom is 0.246 e. The number of benzene rings is 1. The second-order valence-electron chi connectivity index (χ2n) is 9.28. The molecule has 0 spiro atoms. The summed E-state index contributed by atoms with van der Waals surface area (Å²) in [6.07, 6.45) is 1.37. The van der Waals surface area contributed by atoms with Crippen molar-refractivity contribution < 1.29 is 35.4 Å². The van der Waals surface area contributed by atoms with E-state index >= 15 is 0 Å². The Morgan fingerprint density at radius 1 is 1.30 bits per heavy atom. The van der Waals surface area contributed by atoms with Gasteiger partial charge in [0, 0.05) is 51.6 Å². The van der Waals surface area contributed by atoms with Crippen LogP contribution in [0, 0.1) is 18.4 Å². The molecule has 7 nitrogen and oxygen atoms in total. The summed E-state index contributed by atoms with van der Waals surface area (Å²) in [6, 6.07) is 7.88. The van der Waals surface area contributed by atoms with Gasteiger partial charge < -0.3 is 15.5 Å². The minimum absolute atomic E-state index is 0. The van der Waals surface area contributed by atoms with Crippen LogP contribution < -0.4 is 10.6 Å². The maximum atomic E-state index is 13.2. The first-order valence-electron chi connectivity index (χ1n) is 10.8. The molecular formula is C24H31N4O3SW-. The van der Waals surface area contributed by atoms with Crippen LogP contribution in [-0.4, -0.2) is 46.2 Å². The predicted octanol–water partition coefficient (Wildman–Crippen LogP) is 3.07. The van der Waals surface area contributed by atoms with Gasteiger partial charge in [-0.3, -0.25) is 19.4 Å². The van der Waals surface area contributed by atoms with Crippen molar-refractivity contribution in [3.63, 3.8) is 0 Å². The van der Waals surface area contributed by atoms with Crippen molar-refractivity contribution in [2.24, 2.45) is 5.41 Å². The SMILES string of the molecule is CC(=O)NC(C(=O)N1CCCC1C(=O)NCc1[c-]cc(-c2scnc2C)cc1)C(C)(C)C.[W]. The van der Waals surface area contributed by atoms with E-state index in [1.54, 1.807) is 16.2 Å². The monoisotopic (exact) mass is 639 g/mol. The van der Waals surface area contributed by atoms with E-state index in [0.717, 1.165) is 28.1 Å². The Hall–Kier alpha value is -2.05. The fourth-order valence-electron chi connectivity index (χ4n) is 3.91. The molecule has 1 aliphatic heterocycles. The summed E-state index contributed by atoms with van der Waals surface area (Å²) in [6.45, 7) is 9.95. The average molecular weight is 639 g/mol.